The van der Waals surface area contributed by atoms with Crippen LogP contribution in [-0.2, 0) is 0 Å². The summed E-state index contributed by atoms with van der Waals surface area (Å²) in [4.78, 5) is 4.35. The summed E-state index contributed by atoms with van der Waals surface area (Å²) in [5, 5.41) is 7.74. The number of benzene rings is 2. The SMILES string of the molecule is COc1ccc(OC)c([C@H]2C=C(c3ccc(I)cc3)Nc3ncnn32)c1. The third-order valence-electron chi connectivity index (χ3n) is 4.32. The Hall–Kier alpha value is -2.55. The van der Waals surface area contributed by atoms with E-state index in [9.17, 15) is 0 Å². The van der Waals surface area contributed by atoms with E-state index in [4.69, 9.17) is 9.47 Å². The lowest BCUT2D eigenvalue weighted by Gasteiger charge is -2.25. The van der Waals surface area contributed by atoms with E-state index in [0.717, 1.165) is 28.3 Å². The normalized spacial score (nSPS) is 15.7. The molecule has 0 saturated heterocycles. The van der Waals surface area contributed by atoms with Gasteiger partial charge in [-0.1, -0.05) is 12.1 Å². The van der Waals surface area contributed by atoms with Crippen molar-refractivity contribution in [3.05, 3.63) is 69.6 Å². The largest absolute Gasteiger partial charge is 0.497 e. The number of allylic oxidation sites excluding steroid dienone is 1. The Balaban J connectivity index is 1.85. The van der Waals surface area contributed by atoms with Crippen molar-refractivity contribution < 1.29 is 9.47 Å². The van der Waals surface area contributed by atoms with Crippen LogP contribution < -0.4 is 14.8 Å². The minimum absolute atomic E-state index is 0.159. The van der Waals surface area contributed by atoms with Crippen LogP contribution in [-0.4, -0.2) is 29.0 Å². The van der Waals surface area contributed by atoms with E-state index in [2.05, 4.69) is 68.3 Å². The van der Waals surface area contributed by atoms with Crippen molar-refractivity contribution >= 4 is 34.2 Å². The smallest absolute Gasteiger partial charge is 0.226 e. The zero-order chi connectivity index (χ0) is 18.1. The Labute approximate surface area is 165 Å². The Kier molecular flexibility index (Phi) is 4.54. The van der Waals surface area contributed by atoms with Crippen LogP contribution in [0, 0.1) is 3.57 Å². The lowest BCUT2D eigenvalue weighted by Crippen LogP contribution is -2.20. The van der Waals surface area contributed by atoms with Gasteiger partial charge in [0, 0.05) is 14.8 Å². The summed E-state index contributed by atoms with van der Waals surface area (Å²) < 4.78 is 14.0. The quantitative estimate of drug-likeness (QED) is 0.598. The molecule has 3 aromatic rings. The predicted molar refractivity (Wildman–Crippen MR) is 108 cm³/mol. The van der Waals surface area contributed by atoms with Crippen molar-refractivity contribution in [2.75, 3.05) is 19.5 Å². The number of anilines is 1. The summed E-state index contributed by atoms with van der Waals surface area (Å²) in [6.45, 7) is 0. The van der Waals surface area contributed by atoms with Gasteiger partial charge in [-0.2, -0.15) is 10.1 Å². The molecule has 0 amide bonds. The average molecular weight is 460 g/mol. The van der Waals surface area contributed by atoms with Gasteiger partial charge in [0.05, 0.1) is 14.2 Å². The highest BCUT2D eigenvalue weighted by molar-refractivity contribution is 14.1. The molecule has 4 rings (SSSR count). The van der Waals surface area contributed by atoms with Crippen molar-refractivity contribution in [1.29, 1.82) is 0 Å². The zero-order valence-electron chi connectivity index (χ0n) is 14.3. The summed E-state index contributed by atoms with van der Waals surface area (Å²) in [5.41, 5.74) is 3.03. The summed E-state index contributed by atoms with van der Waals surface area (Å²) in [6, 6.07) is 14.0. The van der Waals surface area contributed by atoms with Gasteiger partial charge in [-0.3, -0.25) is 0 Å². The fourth-order valence-electron chi connectivity index (χ4n) is 3.02. The lowest BCUT2D eigenvalue weighted by molar-refractivity contribution is 0.394. The molecule has 6 nitrogen and oxygen atoms in total. The van der Waals surface area contributed by atoms with E-state index in [1.807, 2.05) is 22.9 Å². The van der Waals surface area contributed by atoms with E-state index in [1.54, 1.807) is 20.5 Å². The molecule has 0 radical (unpaired) electrons. The molecule has 132 valence electrons. The van der Waals surface area contributed by atoms with Gasteiger partial charge in [-0.15, -0.1) is 0 Å². The number of nitrogens with zero attached hydrogens (tertiary/aromatic N) is 3. The highest BCUT2D eigenvalue weighted by Gasteiger charge is 2.26. The first-order valence-corrected chi connectivity index (χ1v) is 9.13. The molecule has 2 aromatic carbocycles. The zero-order valence-corrected chi connectivity index (χ0v) is 16.5. The lowest BCUT2D eigenvalue weighted by atomic mass is 10.0. The van der Waals surface area contributed by atoms with Gasteiger partial charge in [0.2, 0.25) is 5.95 Å². The Bertz CT molecular complexity index is 966. The second-order valence-corrected chi connectivity index (χ2v) is 7.04. The molecule has 0 spiro atoms. The Morgan fingerprint density at radius 2 is 1.88 bits per heavy atom. The maximum absolute atomic E-state index is 5.58. The Morgan fingerprint density at radius 1 is 1.08 bits per heavy atom. The maximum Gasteiger partial charge on any atom is 0.226 e. The highest BCUT2D eigenvalue weighted by Crippen LogP contribution is 2.37. The molecule has 0 saturated carbocycles. The summed E-state index contributed by atoms with van der Waals surface area (Å²) >= 11 is 2.30. The minimum atomic E-state index is -0.159. The second-order valence-electron chi connectivity index (χ2n) is 5.79. The van der Waals surface area contributed by atoms with Crippen LogP contribution in [0.5, 0.6) is 11.5 Å². The first-order valence-electron chi connectivity index (χ1n) is 8.06. The number of ether oxygens (including phenoxy) is 2. The van der Waals surface area contributed by atoms with Crippen LogP contribution in [0.3, 0.4) is 0 Å². The molecule has 7 heteroatoms. The van der Waals surface area contributed by atoms with Gasteiger partial charge in [-0.25, -0.2) is 4.68 Å². The third-order valence-corrected chi connectivity index (χ3v) is 5.04. The van der Waals surface area contributed by atoms with E-state index >= 15 is 0 Å². The van der Waals surface area contributed by atoms with Crippen LogP contribution in [0.15, 0.2) is 54.9 Å². The molecule has 0 bridgehead atoms. The number of nitrogens with one attached hydrogen (secondary N) is 1. The van der Waals surface area contributed by atoms with Crippen LogP contribution in [0.1, 0.15) is 17.2 Å². The number of fused-ring (bicyclic) bond motifs is 1. The summed E-state index contributed by atoms with van der Waals surface area (Å²) in [5.74, 6) is 2.23. The summed E-state index contributed by atoms with van der Waals surface area (Å²) in [6.07, 6.45) is 3.67. The number of hydrogen-bond acceptors (Lipinski definition) is 5. The molecular formula is C19H17IN4O2. The maximum atomic E-state index is 5.58. The molecule has 1 aliphatic heterocycles. The van der Waals surface area contributed by atoms with E-state index in [0.29, 0.717) is 5.95 Å². The van der Waals surface area contributed by atoms with Gasteiger partial charge in [0.15, 0.2) is 0 Å². The molecule has 1 aromatic heterocycles. The predicted octanol–water partition coefficient (Wildman–Crippen LogP) is 3.96. The van der Waals surface area contributed by atoms with Gasteiger partial charge in [0.25, 0.3) is 0 Å². The van der Waals surface area contributed by atoms with Crippen molar-refractivity contribution in [3.8, 4) is 11.5 Å². The van der Waals surface area contributed by atoms with Gasteiger partial charge in [0.1, 0.15) is 23.9 Å². The van der Waals surface area contributed by atoms with Crippen LogP contribution in [0.25, 0.3) is 5.70 Å². The standard InChI is InChI=1S/C19H17IN4O2/c1-25-14-7-8-18(26-2)15(9-14)17-10-16(12-3-5-13(20)6-4-12)23-19-21-11-22-24(17)19/h3-11,17H,1-2H3,(H,21,22,23)/t17-/m1/s1. The molecule has 0 unspecified atom stereocenters. The van der Waals surface area contributed by atoms with E-state index < -0.39 is 0 Å². The van der Waals surface area contributed by atoms with E-state index in [-0.39, 0.29) is 6.04 Å². The second kappa shape index (κ2) is 6.99. The topological polar surface area (TPSA) is 61.2 Å². The minimum Gasteiger partial charge on any atom is -0.497 e. The molecule has 1 N–H and O–H groups in total. The van der Waals surface area contributed by atoms with Crippen molar-refractivity contribution in [3.63, 3.8) is 0 Å². The van der Waals surface area contributed by atoms with Crippen LogP contribution in [0.2, 0.25) is 0 Å². The van der Waals surface area contributed by atoms with Crippen molar-refractivity contribution in [1.82, 2.24) is 14.8 Å². The average Bonchev–Trinajstić information content (AvgIpc) is 3.16. The fraction of sp³-hybridized carbons (Fsp3) is 0.158. The third kappa shape index (κ3) is 3.03. The van der Waals surface area contributed by atoms with Gasteiger partial charge >= 0.3 is 0 Å². The van der Waals surface area contributed by atoms with E-state index in [1.165, 1.54) is 3.57 Å². The molecule has 1 atom stereocenters. The van der Waals surface area contributed by atoms with Gasteiger partial charge < -0.3 is 14.8 Å². The monoisotopic (exact) mass is 460 g/mol. The summed E-state index contributed by atoms with van der Waals surface area (Å²) in [7, 11) is 3.32. The molecule has 2 heterocycles. The first kappa shape index (κ1) is 16.9. The fourth-order valence-corrected chi connectivity index (χ4v) is 3.38. The Morgan fingerprint density at radius 3 is 2.62 bits per heavy atom. The van der Waals surface area contributed by atoms with Crippen molar-refractivity contribution in [2.24, 2.45) is 0 Å². The number of rotatable bonds is 4. The molecule has 26 heavy (non-hydrogen) atoms. The molecule has 0 fully saturated rings. The molecule has 1 aliphatic rings. The molecule has 0 aliphatic carbocycles. The number of methoxy groups -OCH3 is 2. The molecular weight excluding hydrogens is 443 g/mol. The van der Waals surface area contributed by atoms with Crippen molar-refractivity contribution in [2.45, 2.75) is 6.04 Å². The van der Waals surface area contributed by atoms with Crippen LogP contribution >= 0.6 is 22.6 Å². The number of aromatic nitrogens is 3. The number of hydrogen-bond donors (Lipinski definition) is 1. The van der Waals surface area contributed by atoms with Gasteiger partial charge in [-0.05, 0) is 64.6 Å². The van der Waals surface area contributed by atoms with Crippen LogP contribution in [0.4, 0.5) is 5.95 Å². The first-order chi connectivity index (χ1) is 12.7. The number of halogens is 1. The highest BCUT2D eigenvalue weighted by atomic mass is 127.